The van der Waals surface area contributed by atoms with Crippen LogP contribution in [0.15, 0.2) is 51.1 Å². The zero-order valence-electron chi connectivity index (χ0n) is 13.0. The Labute approximate surface area is 141 Å². The van der Waals surface area contributed by atoms with Gasteiger partial charge >= 0.3 is 5.69 Å². The van der Waals surface area contributed by atoms with E-state index in [9.17, 15) is 19.2 Å². The van der Waals surface area contributed by atoms with Gasteiger partial charge in [-0.25, -0.2) is 10.2 Å². The van der Waals surface area contributed by atoms with Gasteiger partial charge < -0.3 is 10.3 Å². The number of H-pyrrole nitrogens is 2. The number of hydrazone groups is 1. The second-order valence-corrected chi connectivity index (χ2v) is 5.52. The summed E-state index contributed by atoms with van der Waals surface area (Å²) < 4.78 is 0. The number of benzene rings is 1. The molecule has 0 radical (unpaired) electrons. The Kier molecular flexibility index (Phi) is 4.55. The van der Waals surface area contributed by atoms with Gasteiger partial charge in [-0.2, -0.15) is 5.10 Å². The zero-order valence-corrected chi connectivity index (χ0v) is 13.0. The van der Waals surface area contributed by atoms with Crippen molar-refractivity contribution >= 4 is 18.0 Å². The summed E-state index contributed by atoms with van der Waals surface area (Å²) in [6, 6.07) is 10.4. The number of nitrogens with zero attached hydrogens (tertiary/aromatic N) is 1. The average molecular weight is 341 g/mol. The third-order valence-corrected chi connectivity index (χ3v) is 3.85. The molecule has 2 heterocycles. The van der Waals surface area contributed by atoms with Crippen molar-refractivity contribution in [3.63, 3.8) is 0 Å². The lowest BCUT2D eigenvalue weighted by Gasteiger charge is -2.15. The van der Waals surface area contributed by atoms with Crippen LogP contribution < -0.4 is 22.0 Å². The number of aromatic amines is 2. The van der Waals surface area contributed by atoms with Gasteiger partial charge in [-0.15, -0.1) is 0 Å². The van der Waals surface area contributed by atoms with Gasteiger partial charge in [-0.05, 0) is 5.56 Å². The fourth-order valence-corrected chi connectivity index (χ4v) is 2.73. The summed E-state index contributed by atoms with van der Waals surface area (Å²) in [5, 5.41) is 6.38. The Morgan fingerprint density at radius 3 is 2.64 bits per heavy atom. The van der Waals surface area contributed by atoms with E-state index in [-0.39, 0.29) is 17.5 Å². The van der Waals surface area contributed by atoms with E-state index < -0.39 is 23.1 Å². The van der Waals surface area contributed by atoms with Crippen molar-refractivity contribution in [3.05, 3.63) is 68.5 Å². The van der Waals surface area contributed by atoms with Crippen molar-refractivity contribution in [2.75, 3.05) is 6.54 Å². The van der Waals surface area contributed by atoms with Crippen molar-refractivity contribution in [2.24, 2.45) is 11.0 Å². The quantitative estimate of drug-likeness (QED) is 0.323. The van der Waals surface area contributed by atoms with Crippen molar-refractivity contribution in [2.45, 2.75) is 5.92 Å². The van der Waals surface area contributed by atoms with Crippen LogP contribution in [0.25, 0.3) is 0 Å². The number of aromatic nitrogens is 2. The van der Waals surface area contributed by atoms with Gasteiger partial charge in [0.1, 0.15) is 5.92 Å². The number of nitrogens with one attached hydrogen (secondary N) is 4. The van der Waals surface area contributed by atoms with Crippen LogP contribution in [-0.2, 0) is 9.59 Å². The molecule has 1 fully saturated rings. The van der Waals surface area contributed by atoms with Gasteiger partial charge in [0.15, 0.2) is 0 Å². The predicted molar refractivity (Wildman–Crippen MR) is 89.1 cm³/mol. The highest BCUT2D eigenvalue weighted by Crippen LogP contribution is 2.28. The lowest BCUT2D eigenvalue weighted by molar-refractivity contribution is -0.133. The maximum Gasteiger partial charge on any atom is 0.326 e. The zero-order chi connectivity index (χ0) is 17.8. The molecule has 1 aromatic carbocycles. The molecule has 2 aromatic rings. The van der Waals surface area contributed by atoms with Gasteiger partial charge in [0.25, 0.3) is 11.5 Å². The summed E-state index contributed by atoms with van der Waals surface area (Å²) in [5.41, 5.74) is 2.02. The standard InChI is InChI=1S/C16H15N5O4/c22-12-6-10(19-16(25)20-12)7-18-21-15(24)13-11(8-17-14(13)23)9-4-2-1-3-5-9/h1-7,11,13H,8H2,(H,17,23)(H,21,24)(H2,19,20,22,25). The minimum absolute atomic E-state index is 0.129. The van der Waals surface area contributed by atoms with Crippen molar-refractivity contribution in [1.82, 2.24) is 20.7 Å². The first kappa shape index (κ1) is 16.4. The normalized spacial score (nSPS) is 19.8. The van der Waals surface area contributed by atoms with Gasteiger partial charge in [0.2, 0.25) is 5.91 Å². The van der Waals surface area contributed by atoms with Crippen LogP contribution in [0.3, 0.4) is 0 Å². The van der Waals surface area contributed by atoms with Crippen LogP contribution in [0.4, 0.5) is 0 Å². The van der Waals surface area contributed by atoms with E-state index in [2.05, 4.69) is 20.8 Å². The second kappa shape index (κ2) is 6.95. The minimum Gasteiger partial charge on any atom is -0.355 e. The molecule has 9 heteroatoms. The SMILES string of the molecule is O=C1NCC(c2ccccc2)C1C(=O)NN=Cc1cc(=O)[nH]c(=O)[nH]1. The van der Waals surface area contributed by atoms with E-state index in [4.69, 9.17) is 0 Å². The second-order valence-electron chi connectivity index (χ2n) is 5.52. The highest BCUT2D eigenvalue weighted by Gasteiger charge is 2.40. The molecule has 25 heavy (non-hydrogen) atoms. The number of hydrogen-bond donors (Lipinski definition) is 4. The number of hydrogen-bond acceptors (Lipinski definition) is 5. The highest BCUT2D eigenvalue weighted by atomic mass is 16.2. The van der Waals surface area contributed by atoms with Gasteiger partial charge in [0, 0.05) is 18.5 Å². The topological polar surface area (TPSA) is 136 Å². The van der Waals surface area contributed by atoms with Crippen molar-refractivity contribution in [3.8, 4) is 0 Å². The van der Waals surface area contributed by atoms with Crippen LogP contribution in [-0.4, -0.2) is 34.5 Å². The minimum atomic E-state index is -0.905. The van der Waals surface area contributed by atoms with E-state index in [1.165, 1.54) is 0 Å². The predicted octanol–water partition coefficient (Wildman–Crippen LogP) is -0.957. The third kappa shape index (κ3) is 3.71. The molecule has 9 nitrogen and oxygen atoms in total. The van der Waals surface area contributed by atoms with E-state index in [1.807, 2.05) is 35.3 Å². The molecular formula is C16H15N5O4. The smallest absolute Gasteiger partial charge is 0.326 e. The van der Waals surface area contributed by atoms with E-state index in [1.54, 1.807) is 0 Å². The summed E-state index contributed by atoms with van der Waals surface area (Å²) in [7, 11) is 0. The molecule has 0 bridgehead atoms. The highest BCUT2D eigenvalue weighted by molar-refractivity contribution is 6.03. The number of carbonyl (C=O) groups is 2. The molecule has 2 amide bonds. The molecule has 128 valence electrons. The van der Waals surface area contributed by atoms with E-state index >= 15 is 0 Å². The Morgan fingerprint density at radius 1 is 1.16 bits per heavy atom. The van der Waals surface area contributed by atoms with E-state index in [0.29, 0.717) is 6.54 Å². The van der Waals surface area contributed by atoms with E-state index in [0.717, 1.165) is 17.8 Å². The fourth-order valence-electron chi connectivity index (χ4n) is 2.73. The molecule has 1 aromatic heterocycles. The monoisotopic (exact) mass is 341 g/mol. The lowest BCUT2D eigenvalue weighted by Crippen LogP contribution is -2.34. The van der Waals surface area contributed by atoms with Gasteiger partial charge in [-0.3, -0.25) is 19.4 Å². The van der Waals surface area contributed by atoms with Crippen molar-refractivity contribution < 1.29 is 9.59 Å². The van der Waals surface area contributed by atoms with Crippen LogP contribution in [0.2, 0.25) is 0 Å². The largest absolute Gasteiger partial charge is 0.355 e. The molecular weight excluding hydrogens is 326 g/mol. The maximum absolute atomic E-state index is 12.3. The average Bonchev–Trinajstić information content (AvgIpc) is 2.96. The number of carbonyl (C=O) groups excluding carboxylic acids is 2. The molecule has 0 spiro atoms. The Hall–Kier alpha value is -3.49. The summed E-state index contributed by atoms with van der Waals surface area (Å²) in [4.78, 5) is 51.0. The number of rotatable bonds is 4. The molecule has 0 saturated carbocycles. The van der Waals surface area contributed by atoms with Gasteiger partial charge in [0.05, 0.1) is 11.9 Å². The first-order valence-electron chi connectivity index (χ1n) is 7.54. The summed E-state index contributed by atoms with van der Waals surface area (Å²) >= 11 is 0. The van der Waals surface area contributed by atoms with Crippen LogP contribution in [0, 0.1) is 5.92 Å². The summed E-state index contributed by atoms with van der Waals surface area (Å²) in [6.07, 6.45) is 1.12. The molecule has 2 unspecified atom stereocenters. The maximum atomic E-state index is 12.3. The molecule has 1 aliphatic rings. The lowest BCUT2D eigenvalue weighted by atomic mass is 9.88. The van der Waals surface area contributed by atoms with Crippen LogP contribution >= 0.6 is 0 Å². The fraction of sp³-hybridized carbons (Fsp3) is 0.188. The molecule has 1 aliphatic heterocycles. The third-order valence-electron chi connectivity index (χ3n) is 3.85. The first-order chi connectivity index (χ1) is 12.0. The Balaban J connectivity index is 1.73. The number of amides is 2. The first-order valence-corrected chi connectivity index (χ1v) is 7.54. The van der Waals surface area contributed by atoms with Crippen LogP contribution in [0.1, 0.15) is 17.2 Å². The van der Waals surface area contributed by atoms with Gasteiger partial charge in [-0.1, -0.05) is 30.3 Å². The summed E-state index contributed by atoms with van der Waals surface area (Å²) in [5.74, 6) is -2.13. The van der Waals surface area contributed by atoms with Crippen molar-refractivity contribution in [1.29, 1.82) is 0 Å². The molecule has 0 aliphatic carbocycles. The molecule has 3 rings (SSSR count). The van der Waals surface area contributed by atoms with Crippen LogP contribution in [0.5, 0.6) is 0 Å². The summed E-state index contributed by atoms with van der Waals surface area (Å²) in [6.45, 7) is 0.367. The Morgan fingerprint density at radius 2 is 1.92 bits per heavy atom. The molecule has 2 atom stereocenters. The molecule has 1 saturated heterocycles. The Bertz CT molecular complexity index is 903. The molecule has 4 N–H and O–H groups in total.